The van der Waals surface area contributed by atoms with E-state index in [1.807, 2.05) is 0 Å². The van der Waals surface area contributed by atoms with Crippen molar-refractivity contribution in [3.8, 4) is 0 Å². The summed E-state index contributed by atoms with van der Waals surface area (Å²) >= 11 is 3.33. The van der Waals surface area contributed by atoms with Gasteiger partial charge in [-0.3, -0.25) is 0 Å². The second-order valence-electron chi connectivity index (χ2n) is 8.65. The Bertz CT molecular complexity index is 427. The van der Waals surface area contributed by atoms with E-state index in [4.69, 9.17) is 0 Å². The van der Waals surface area contributed by atoms with Crippen LogP contribution in [0.4, 0.5) is 0 Å². The Morgan fingerprint density at radius 1 is 0.632 bits per heavy atom. The molecule has 0 aliphatic carbocycles. The standard InChI is InChI=1S/C18H30Se/c1-16(2,3)12-10-13(17(4,5)6)15(19)14(11-12)18(7,8)9/h10-11,19H,1-9H3/p-1. The fraction of sp³-hybridized carbons (Fsp3) is 0.667. The fourth-order valence-corrected chi connectivity index (χ4v) is 3.71. The van der Waals surface area contributed by atoms with E-state index in [9.17, 15) is 0 Å². The minimum absolute atomic E-state index is 0.168. The van der Waals surface area contributed by atoms with Crippen LogP contribution in [0.15, 0.2) is 12.1 Å². The number of rotatable bonds is 0. The van der Waals surface area contributed by atoms with Crippen LogP contribution in [-0.4, -0.2) is 16.0 Å². The first kappa shape index (κ1) is 16.8. The first-order chi connectivity index (χ1) is 8.24. The van der Waals surface area contributed by atoms with Gasteiger partial charge in [-0.05, 0) is 0 Å². The molecule has 0 aromatic heterocycles. The average Bonchev–Trinajstić information content (AvgIpc) is 2.11. The Labute approximate surface area is 128 Å². The zero-order valence-electron chi connectivity index (χ0n) is 14.1. The van der Waals surface area contributed by atoms with Crippen LogP contribution in [0.3, 0.4) is 0 Å². The Hall–Kier alpha value is -0.261. The molecular weight excluding hydrogens is 295 g/mol. The van der Waals surface area contributed by atoms with Gasteiger partial charge < -0.3 is 0 Å². The van der Waals surface area contributed by atoms with E-state index >= 15 is 0 Å². The molecule has 0 bridgehead atoms. The van der Waals surface area contributed by atoms with Gasteiger partial charge in [0.25, 0.3) is 0 Å². The molecule has 0 spiro atoms. The average molecular weight is 324 g/mol. The van der Waals surface area contributed by atoms with E-state index in [2.05, 4.69) is 90.5 Å². The van der Waals surface area contributed by atoms with Crippen molar-refractivity contribution in [2.45, 2.75) is 78.6 Å². The quantitative estimate of drug-likeness (QED) is 0.622. The summed E-state index contributed by atoms with van der Waals surface area (Å²) in [5.41, 5.74) is 4.83. The third kappa shape index (κ3) is 3.86. The topological polar surface area (TPSA) is 0 Å². The van der Waals surface area contributed by atoms with Crippen LogP contribution in [-0.2, 0) is 16.2 Å². The zero-order chi connectivity index (χ0) is 15.2. The van der Waals surface area contributed by atoms with Gasteiger partial charge in [-0.25, -0.2) is 0 Å². The second kappa shape index (κ2) is 4.93. The van der Waals surface area contributed by atoms with Crippen molar-refractivity contribution in [2.24, 2.45) is 0 Å². The molecule has 0 saturated carbocycles. The van der Waals surface area contributed by atoms with Crippen LogP contribution < -0.4 is 4.46 Å². The molecule has 0 amide bonds. The van der Waals surface area contributed by atoms with Crippen LogP contribution in [0.25, 0.3) is 0 Å². The Balaban J connectivity index is 3.68. The summed E-state index contributed by atoms with van der Waals surface area (Å²) in [5, 5.41) is 0. The molecule has 0 unspecified atom stereocenters. The molecule has 1 aromatic carbocycles. The van der Waals surface area contributed by atoms with E-state index in [1.54, 1.807) is 0 Å². The van der Waals surface area contributed by atoms with Crippen molar-refractivity contribution in [2.75, 3.05) is 0 Å². The van der Waals surface area contributed by atoms with Gasteiger partial charge in [0.1, 0.15) is 0 Å². The van der Waals surface area contributed by atoms with E-state index in [0.29, 0.717) is 0 Å². The summed E-state index contributed by atoms with van der Waals surface area (Å²) in [4.78, 5) is 0. The van der Waals surface area contributed by atoms with Crippen LogP contribution in [0.1, 0.15) is 79.0 Å². The van der Waals surface area contributed by atoms with Crippen molar-refractivity contribution in [3.05, 3.63) is 28.8 Å². The van der Waals surface area contributed by atoms with E-state index in [1.165, 1.54) is 21.2 Å². The van der Waals surface area contributed by atoms with Crippen LogP contribution in [0, 0.1) is 0 Å². The van der Waals surface area contributed by atoms with Gasteiger partial charge in [0, 0.05) is 0 Å². The zero-order valence-corrected chi connectivity index (χ0v) is 15.8. The molecule has 0 aliphatic rings. The predicted molar refractivity (Wildman–Crippen MR) is 87.9 cm³/mol. The Kier molecular flexibility index (Phi) is 4.36. The van der Waals surface area contributed by atoms with Crippen molar-refractivity contribution in [3.63, 3.8) is 0 Å². The van der Waals surface area contributed by atoms with Gasteiger partial charge in [0.05, 0.1) is 0 Å². The molecule has 108 valence electrons. The first-order valence-electron chi connectivity index (χ1n) is 7.11. The van der Waals surface area contributed by atoms with Crippen LogP contribution in [0.5, 0.6) is 0 Å². The monoisotopic (exact) mass is 325 g/mol. The number of hydrogen-bond acceptors (Lipinski definition) is 0. The first-order valence-corrected chi connectivity index (χ1v) is 7.97. The van der Waals surface area contributed by atoms with E-state index in [0.717, 1.165) is 0 Å². The summed E-state index contributed by atoms with van der Waals surface area (Å²) in [6.45, 7) is 20.6. The molecule has 0 saturated heterocycles. The van der Waals surface area contributed by atoms with Crippen molar-refractivity contribution in [1.82, 2.24) is 0 Å². The van der Waals surface area contributed by atoms with Gasteiger partial charge in [-0.2, -0.15) is 0 Å². The molecule has 19 heavy (non-hydrogen) atoms. The third-order valence-electron chi connectivity index (χ3n) is 3.57. The molecule has 0 atom stereocenters. The van der Waals surface area contributed by atoms with E-state index < -0.39 is 0 Å². The summed E-state index contributed by atoms with van der Waals surface area (Å²) < 4.78 is 1.34. The van der Waals surface area contributed by atoms with E-state index in [-0.39, 0.29) is 16.2 Å². The van der Waals surface area contributed by atoms with Gasteiger partial charge in [-0.15, -0.1) is 0 Å². The SMILES string of the molecule is CC(C)(C)c1cc(C(C)(C)C)c([Se-])c(C(C)(C)C)c1. The molecule has 1 aromatic rings. The van der Waals surface area contributed by atoms with Crippen molar-refractivity contribution < 1.29 is 0 Å². The molecule has 0 heterocycles. The summed E-state index contributed by atoms with van der Waals surface area (Å²) in [6, 6.07) is 4.78. The van der Waals surface area contributed by atoms with Gasteiger partial charge in [0.15, 0.2) is 0 Å². The summed E-state index contributed by atoms with van der Waals surface area (Å²) in [5.74, 6) is 0. The predicted octanol–water partition coefficient (Wildman–Crippen LogP) is 4.37. The third-order valence-corrected chi connectivity index (χ3v) is 4.49. The van der Waals surface area contributed by atoms with Gasteiger partial charge in [-0.1, -0.05) is 0 Å². The molecule has 1 heteroatoms. The molecule has 0 N–H and O–H groups in total. The maximum absolute atomic E-state index is 3.33. The molecule has 0 nitrogen and oxygen atoms in total. The molecule has 0 aliphatic heterocycles. The second-order valence-corrected chi connectivity index (χ2v) is 9.51. The number of hydrogen-bond donors (Lipinski definition) is 0. The maximum atomic E-state index is 3.33. The van der Waals surface area contributed by atoms with Crippen LogP contribution in [0.2, 0.25) is 0 Å². The van der Waals surface area contributed by atoms with Gasteiger partial charge >= 0.3 is 128 Å². The Morgan fingerprint density at radius 2 is 0.947 bits per heavy atom. The summed E-state index contributed by atoms with van der Waals surface area (Å²) in [7, 11) is 0. The molecule has 1 rings (SSSR count). The van der Waals surface area contributed by atoms with Gasteiger partial charge in [0.2, 0.25) is 0 Å². The molecule has 0 fully saturated rings. The number of benzene rings is 1. The minimum atomic E-state index is 0.168. The van der Waals surface area contributed by atoms with Crippen LogP contribution >= 0.6 is 0 Å². The normalized spacial score (nSPS) is 13.7. The Morgan fingerprint density at radius 3 is 1.16 bits per heavy atom. The molecule has 0 radical (unpaired) electrons. The van der Waals surface area contributed by atoms with Crippen molar-refractivity contribution >= 4 is 20.5 Å². The summed E-state index contributed by atoms with van der Waals surface area (Å²) in [6.07, 6.45) is 0. The fourth-order valence-electron chi connectivity index (χ4n) is 2.18. The van der Waals surface area contributed by atoms with Crippen molar-refractivity contribution in [1.29, 1.82) is 0 Å². The molecular formula is C18H29Se-.